The molecule has 9 heteroatoms. The van der Waals surface area contributed by atoms with Gasteiger partial charge in [-0.05, 0) is 35.5 Å². The van der Waals surface area contributed by atoms with Gasteiger partial charge in [0.2, 0.25) is 0 Å². The van der Waals surface area contributed by atoms with Crippen LogP contribution in [0.25, 0.3) is 11.3 Å². The first kappa shape index (κ1) is 20.9. The summed E-state index contributed by atoms with van der Waals surface area (Å²) in [7, 11) is 3.42. The fraction of sp³-hybridized carbons (Fsp3) is 0.273. The Bertz CT molecular complexity index is 1120. The van der Waals surface area contributed by atoms with Crippen LogP contribution < -0.4 is 9.64 Å². The molecule has 1 fully saturated rings. The van der Waals surface area contributed by atoms with Crippen LogP contribution in [0.3, 0.4) is 0 Å². The van der Waals surface area contributed by atoms with Crippen molar-refractivity contribution in [1.82, 2.24) is 14.5 Å². The van der Waals surface area contributed by atoms with E-state index in [1.54, 1.807) is 36.2 Å². The van der Waals surface area contributed by atoms with Gasteiger partial charge in [0.15, 0.2) is 0 Å². The summed E-state index contributed by atoms with van der Waals surface area (Å²) in [6.07, 6.45) is 1.65. The number of nitroso groups, excluding NO2 is 1. The average molecular weight is 440 g/mol. The summed E-state index contributed by atoms with van der Waals surface area (Å²) >= 11 is 6.32. The number of methoxy groups -OCH3 is 1. The van der Waals surface area contributed by atoms with Crippen LogP contribution in [-0.4, -0.2) is 53.6 Å². The molecule has 0 N–H and O–H groups in total. The summed E-state index contributed by atoms with van der Waals surface area (Å²) in [6.45, 7) is 2.33. The lowest BCUT2D eigenvalue weighted by molar-refractivity contribution is 0.0738. The van der Waals surface area contributed by atoms with E-state index in [9.17, 15) is 9.70 Å². The fourth-order valence-electron chi connectivity index (χ4n) is 3.83. The average Bonchev–Trinajstić information content (AvgIpc) is 3.19. The number of carbonyl (C=O) groups is 1. The van der Waals surface area contributed by atoms with Crippen molar-refractivity contribution in [2.45, 2.75) is 0 Å². The Morgan fingerprint density at radius 3 is 2.55 bits per heavy atom. The molecule has 1 aliphatic rings. The number of halogens is 1. The van der Waals surface area contributed by atoms with E-state index in [1.165, 1.54) is 0 Å². The van der Waals surface area contributed by atoms with Crippen LogP contribution >= 0.6 is 11.6 Å². The molecule has 160 valence electrons. The van der Waals surface area contributed by atoms with E-state index >= 15 is 0 Å². The number of hydrogen-bond acceptors (Lipinski definition) is 6. The number of amides is 1. The third-order valence-electron chi connectivity index (χ3n) is 5.45. The van der Waals surface area contributed by atoms with Crippen LogP contribution in [0.5, 0.6) is 5.75 Å². The SMILES string of the molecule is COc1ccccc1-c1ncn(C)c1C(=O)N1CCN(c2ccc(N=O)cc2Cl)CC1. The lowest BCUT2D eigenvalue weighted by atomic mass is 10.1. The zero-order valence-corrected chi connectivity index (χ0v) is 18.0. The summed E-state index contributed by atoms with van der Waals surface area (Å²) in [4.78, 5) is 32.5. The van der Waals surface area contributed by atoms with Gasteiger partial charge in [0.25, 0.3) is 5.91 Å². The number of imidazole rings is 1. The molecule has 0 atom stereocenters. The van der Waals surface area contributed by atoms with E-state index < -0.39 is 0 Å². The topological polar surface area (TPSA) is 80.0 Å². The Kier molecular flexibility index (Phi) is 5.90. The zero-order valence-electron chi connectivity index (χ0n) is 17.3. The van der Waals surface area contributed by atoms with E-state index in [2.05, 4.69) is 15.1 Å². The number of ether oxygens (including phenoxy) is 1. The first-order chi connectivity index (χ1) is 15.0. The Labute approximate surface area is 185 Å². The van der Waals surface area contributed by atoms with Gasteiger partial charge in [0.1, 0.15) is 22.8 Å². The predicted molar refractivity (Wildman–Crippen MR) is 120 cm³/mol. The first-order valence-electron chi connectivity index (χ1n) is 9.85. The summed E-state index contributed by atoms with van der Waals surface area (Å²) < 4.78 is 7.21. The van der Waals surface area contributed by atoms with Gasteiger partial charge in [-0.2, -0.15) is 0 Å². The van der Waals surface area contributed by atoms with Crippen molar-refractivity contribution < 1.29 is 9.53 Å². The Morgan fingerprint density at radius 2 is 1.87 bits per heavy atom. The molecule has 0 unspecified atom stereocenters. The molecule has 1 amide bonds. The van der Waals surface area contributed by atoms with E-state index in [0.29, 0.717) is 54.0 Å². The van der Waals surface area contributed by atoms with Gasteiger partial charge in [-0.25, -0.2) is 4.98 Å². The molecule has 2 aromatic carbocycles. The molecule has 31 heavy (non-hydrogen) atoms. The number of benzene rings is 2. The second-order valence-electron chi connectivity index (χ2n) is 7.26. The maximum Gasteiger partial charge on any atom is 0.272 e. The fourth-order valence-corrected chi connectivity index (χ4v) is 4.12. The maximum absolute atomic E-state index is 13.4. The standard InChI is InChI=1S/C22H22ClN5O3/c1-26-14-24-20(16-5-3-4-6-19(16)31-2)21(26)22(29)28-11-9-27(10-12-28)18-8-7-15(25-30)13-17(18)23/h3-8,13-14H,9-12H2,1-2H3. The predicted octanol–water partition coefficient (Wildman–Crippen LogP) is 4.11. The van der Waals surface area contributed by atoms with Gasteiger partial charge in [-0.3, -0.25) is 4.79 Å². The first-order valence-corrected chi connectivity index (χ1v) is 10.2. The molecule has 0 saturated carbocycles. The van der Waals surface area contributed by atoms with E-state index in [4.69, 9.17) is 16.3 Å². The zero-order chi connectivity index (χ0) is 22.0. The second-order valence-corrected chi connectivity index (χ2v) is 7.67. The van der Waals surface area contributed by atoms with E-state index in [1.807, 2.05) is 36.2 Å². The van der Waals surface area contributed by atoms with Gasteiger partial charge in [0.05, 0.1) is 24.1 Å². The number of anilines is 1. The summed E-state index contributed by atoms with van der Waals surface area (Å²) in [5, 5.41) is 3.39. The monoisotopic (exact) mass is 439 g/mol. The highest BCUT2D eigenvalue weighted by Gasteiger charge is 2.28. The highest BCUT2D eigenvalue weighted by molar-refractivity contribution is 6.33. The highest BCUT2D eigenvalue weighted by Crippen LogP contribution is 2.33. The molecule has 0 bridgehead atoms. The molecular formula is C22H22ClN5O3. The van der Waals surface area contributed by atoms with Crippen LogP contribution in [0.1, 0.15) is 10.5 Å². The molecule has 8 nitrogen and oxygen atoms in total. The molecule has 0 aliphatic carbocycles. The molecular weight excluding hydrogens is 418 g/mol. The Hall–Kier alpha value is -3.39. The summed E-state index contributed by atoms with van der Waals surface area (Å²) in [5.74, 6) is 0.593. The molecule has 1 aromatic heterocycles. The van der Waals surface area contributed by atoms with Crippen LogP contribution in [-0.2, 0) is 7.05 Å². The van der Waals surface area contributed by atoms with Crippen molar-refractivity contribution in [3.05, 3.63) is 64.4 Å². The van der Waals surface area contributed by atoms with Crippen LogP contribution in [0.2, 0.25) is 5.02 Å². The lowest BCUT2D eigenvalue weighted by Gasteiger charge is -2.36. The van der Waals surface area contributed by atoms with Gasteiger partial charge in [-0.1, -0.05) is 23.7 Å². The third kappa shape index (κ3) is 3.98. The molecule has 4 rings (SSSR count). The quantitative estimate of drug-likeness (QED) is 0.559. The number of nitrogens with zero attached hydrogens (tertiary/aromatic N) is 5. The Morgan fingerprint density at radius 1 is 1.13 bits per heavy atom. The molecule has 0 radical (unpaired) electrons. The van der Waals surface area contributed by atoms with Crippen LogP contribution in [0.15, 0.2) is 54.0 Å². The minimum Gasteiger partial charge on any atom is -0.496 e. The van der Waals surface area contributed by atoms with Crippen molar-refractivity contribution in [2.24, 2.45) is 12.2 Å². The normalized spacial score (nSPS) is 13.9. The lowest BCUT2D eigenvalue weighted by Crippen LogP contribution is -2.49. The summed E-state index contributed by atoms with van der Waals surface area (Å²) in [6, 6.07) is 12.5. The molecule has 0 spiro atoms. The van der Waals surface area contributed by atoms with Crippen molar-refractivity contribution in [2.75, 3.05) is 38.2 Å². The van der Waals surface area contributed by atoms with Crippen LogP contribution in [0.4, 0.5) is 11.4 Å². The molecule has 2 heterocycles. The van der Waals surface area contributed by atoms with Gasteiger partial charge < -0.3 is 19.1 Å². The van der Waals surface area contributed by atoms with E-state index in [-0.39, 0.29) is 5.91 Å². The van der Waals surface area contributed by atoms with Crippen molar-refractivity contribution >= 4 is 28.9 Å². The summed E-state index contributed by atoms with van der Waals surface area (Å²) in [5.41, 5.74) is 3.03. The minimum atomic E-state index is -0.0767. The molecule has 3 aromatic rings. The maximum atomic E-state index is 13.4. The largest absolute Gasteiger partial charge is 0.496 e. The molecule has 1 saturated heterocycles. The van der Waals surface area contributed by atoms with Gasteiger partial charge >= 0.3 is 0 Å². The Balaban J connectivity index is 1.54. The number of rotatable bonds is 5. The smallest absolute Gasteiger partial charge is 0.272 e. The number of para-hydroxylation sites is 1. The van der Waals surface area contributed by atoms with Gasteiger partial charge in [-0.15, -0.1) is 4.91 Å². The molecule has 1 aliphatic heterocycles. The number of aromatic nitrogens is 2. The number of carbonyl (C=O) groups excluding carboxylic acids is 1. The highest BCUT2D eigenvalue weighted by atomic mass is 35.5. The van der Waals surface area contributed by atoms with Crippen molar-refractivity contribution in [3.8, 4) is 17.0 Å². The van der Waals surface area contributed by atoms with Crippen LogP contribution in [0, 0.1) is 4.91 Å². The second kappa shape index (κ2) is 8.77. The van der Waals surface area contributed by atoms with Crippen molar-refractivity contribution in [3.63, 3.8) is 0 Å². The van der Waals surface area contributed by atoms with Gasteiger partial charge in [0, 0.05) is 38.8 Å². The number of piperazine rings is 1. The number of hydrogen-bond donors (Lipinski definition) is 0. The van der Waals surface area contributed by atoms with Crippen molar-refractivity contribution in [1.29, 1.82) is 0 Å². The third-order valence-corrected chi connectivity index (χ3v) is 5.75. The van der Waals surface area contributed by atoms with E-state index in [0.717, 1.165) is 11.3 Å². The minimum absolute atomic E-state index is 0.0767. The number of aryl methyl sites for hydroxylation is 1.